The second kappa shape index (κ2) is 14.5. The third kappa shape index (κ3) is 8.58. The molecule has 1 aliphatic heterocycles. The zero-order valence-electron chi connectivity index (χ0n) is 24.7. The minimum absolute atomic E-state index is 0.105. The van der Waals surface area contributed by atoms with Crippen LogP contribution in [0.1, 0.15) is 58.8 Å². The average molecular weight is 627 g/mol. The van der Waals surface area contributed by atoms with Crippen molar-refractivity contribution in [1.29, 1.82) is 0 Å². The van der Waals surface area contributed by atoms with Gasteiger partial charge in [0.25, 0.3) is 0 Å². The lowest BCUT2D eigenvalue weighted by molar-refractivity contribution is -0.130. The number of β-lactam (4-membered cyclic amide) rings is 1. The SMILES string of the molecule is CS(=O)(=O)NCCCc1ccc(N2C(=O)C(CCC(=O)c3ccc(F)cc3)C2c2ccc(CCC(O)(CO)CO)cc2)cc1. The predicted molar refractivity (Wildman–Crippen MR) is 165 cm³/mol. The molecule has 4 N–H and O–H groups in total. The van der Waals surface area contributed by atoms with E-state index in [1.807, 2.05) is 48.5 Å². The number of aryl methyl sites for hydroxylation is 2. The molecule has 4 rings (SSSR count). The average Bonchev–Trinajstić information content (AvgIpc) is 3.01. The summed E-state index contributed by atoms with van der Waals surface area (Å²) in [6.45, 7) is -0.758. The minimum atomic E-state index is -3.24. The Labute approximate surface area is 257 Å². The van der Waals surface area contributed by atoms with Gasteiger partial charge >= 0.3 is 0 Å². The maximum atomic E-state index is 13.5. The van der Waals surface area contributed by atoms with Crippen LogP contribution in [0.2, 0.25) is 0 Å². The van der Waals surface area contributed by atoms with Crippen molar-refractivity contribution in [3.8, 4) is 0 Å². The molecule has 1 heterocycles. The predicted octanol–water partition coefficient (Wildman–Crippen LogP) is 3.32. The lowest BCUT2D eigenvalue weighted by atomic mass is 9.78. The minimum Gasteiger partial charge on any atom is -0.393 e. The van der Waals surface area contributed by atoms with Gasteiger partial charge in [0, 0.05) is 24.2 Å². The number of aliphatic hydroxyl groups is 3. The molecular weight excluding hydrogens is 587 g/mol. The van der Waals surface area contributed by atoms with Gasteiger partial charge in [0.1, 0.15) is 11.4 Å². The number of hydrogen-bond acceptors (Lipinski definition) is 7. The number of nitrogens with zero attached hydrogens (tertiary/aromatic N) is 1. The first-order chi connectivity index (χ1) is 20.9. The van der Waals surface area contributed by atoms with Gasteiger partial charge in [0.05, 0.1) is 31.4 Å². The quantitative estimate of drug-likeness (QED) is 0.109. The van der Waals surface area contributed by atoms with E-state index in [1.165, 1.54) is 24.3 Å². The number of benzene rings is 3. The molecule has 0 saturated carbocycles. The highest BCUT2D eigenvalue weighted by Gasteiger charge is 2.48. The van der Waals surface area contributed by atoms with E-state index in [2.05, 4.69) is 4.72 Å². The Balaban J connectivity index is 1.49. The summed E-state index contributed by atoms with van der Waals surface area (Å²) in [4.78, 5) is 28.0. The highest BCUT2D eigenvalue weighted by Crippen LogP contribution is 2.46. The number of nitrogens with one attached hydrogen (secondary N) is 1. The van der Waals surface area contributed by atoms with Crippen LogP contribution in [0.25, 0.3) is 0 Å². The molecule has 1 amide bonds. The molecule has 0 aliphatic carbocycles. The van der Waals surface area contributed by atoms with Crippen LogP contribution in [0.15, 0.2) is 72.8 Å². The first-order valence-electron chi connectivity index (χ1n) is 14.6. The van der Waals surface area contributed by atoms with Crippen molar-refractivity contribution >= 4 is 27.4 Å². The van der Waals surface area contributed by atoms with Gasteiger partial charge in [-0.2, -0.15) is 0 Å². The van der Waals surface area contributed by atoms with Gasteiger partial charge in [-0.05, 0) is 85.2 Å². The monoisotopic (exact) mass is 626 g/mol. The normalized spacial score (nSPS) is 17.0. The van der Waals surface area contributed by atoms with Crippen LogP contribution in [0.5, 0.6) is 0 Å². The highest BCUT2D eigenvalue weighted by atomic mass is 32.2. The largest absolute Gasteiger partial charge is 0.393 e. The third-order valence-corrected chi connectivity index (χ3v) is 8.80. The maximum Gasteiger partial charge on any atom is 0.233 e. The summed E-state index contributed by atoms with van der Waals surface area (Å²) in [6.07, 6.45) is 3.48. The fourth-order valence-corrected chi connectivity index (χ4v) is 5.92. The molecule has 0 bridgehead atoms. The van der Waals surface area contributed by atoms with E-state index in [9.17, 15) is 37.7 Å². The Morgan fingerprint density at radius 1 is 0.932 bits per heavy atom. The number of anilines is 1. The Hall–Kier alpha value is -3.48. The summed E-state index contributed by atoms with van der Waals surface area (Å²) >= 11 is 0. The van der Waals surface area contributed by atoms with Gasteiger partial charge in [-0.1, -0.05) is 36.4 Å². The molecule has 9 nitrogen and oxygen atoms in total. The molecule has 3 aromatic rings. The number of hydrogen-bond donors (Lipinski definition) is 4. The number of aliphatic hydroxyl groups excluding tert-OH is 2. The van der Waals surface area contributed by atoms with Gasteiger partial charge in [0.2, 0.25) is 15.9 Å². The maximum absolute atomic E-state index is 13.5. The van der Waals surface area contributed by atoms with Gasteiger partial charge in [-0.3, -0.25) is 9.59 Å². The Morgan fingerprint density at radius 3 is 2.11 bits per heavy atom. The molecule has 236 valence electrons. The number of Topliss-reactive ketones (excluding diaryl/α,β-unsaturated/α-hetero) is 1. The van der Waals surface area contributed by atoms with Crippen LogP contribution >= 0.6 is 0 Å². The first-order valence-corrected chi connectivity index (χ1v) is 16.5. The van der Waals surface area contributed by atoms with Gasteiger partial charge in [-0.15, -0.1) is 0 Å². The van der Waals surface area contributed by atoms with E-state index >= 15 is 0 Å². The van der Waals surface area contributed by atoms with Crippen molar-refractivity contribution in [2.45, 2.75) is 50.2 Å². The summed E-state index contributed by atoms with van der Waals surface area (Å²) in [6, 6.07) is 20.2. The molecular formula is C33H39FN2O7S. The highest BCUT2D eigenvalue weighted by molar-refractivity contribution is 7.88. The number of carbonyl (C=O) groups excluding carboxylic acids is 2. The van der Waals surface area contributed by atoms with E-state index in [0.29, 0.717) is 43.5 Å². The van der Waals surface area contributed by atoms with Gasteiger partial charge < -0.3 is 20.2 Å². The van der Waals surface area contributed by atoms with Crippen molar-refractivity contribution in [3.63, 3.8) is 0 Å². The second-order valence-electron chi connectivity index (χ2n) is 11.4. The van der Waals surface area contributed by atoms with Crippen LogP contribution in [0.4, 0.5) is 10.1 Å². The van der Waals surface area contributed by atoms with Crippen LogP contribution in [0, 0.1) is 11.7 Å². The van der Waals surface area contributed by atoms with Gasteiger partial charge in [0.15, 0.2) is 5.78 Å². The number of ketones is 1. The Kier molecular flexibility index (Phi) is 11.0. The molecule has 3 aromatic carbocycles. The van der Waals surface area contributed by atoms with E-state index in [4.69, 9.17) is 0 Å². The first kappa shape index (κ1) is 33.4. The number of carbonyl (C=O) groups is 2. The van der Waals surface area contributed by atoms with Crippen LogP contribution < -0.4 is 9.62 Å². The molecule has 1 aliphatic rings. The molecule has 0 radical (unpaired) electrons. The fraction of sp³-hybridized carbons (Fsp3) is 0.394. The number of rotatable bonds is 16. The summed E-state index contributed by atoms with van der Waals surface area (Å²) in [5.41, 5.74) is 2.31. The molecule has 0 spiro atoms. The zero-order chi connectivity index (χ0) is 31.9. The van der Waals surface area contributed by atoms with E-state index in [-0.39, 0.29) is 30.6 Å². The van der Waals surface area contributed by atoms with Crippen LogP contribution in [0.3, 0.4) is 0 Å². The lowest BCUT2D eigenvalue weighted by Gasteiger charge is -2.47. The Morgan fingerprint density at radius 2 is 1.52 bits per heavy atom. The lowest BCUT2D eigenvalue weighted by Crippen LogP contribution is -2.55. The molecule has 1 saturated heterocycles. The summed E-state index contributed by atoms with van der Waals surface area (Å²) in [5, 5.41) is 28.9. The fourth-order valence-electron chi connectivity index (χ4n) is 5.41. The van der Waals surface area contributed by atoms with Gasteiger partial charge in [-0.25, -0.2) is 17.5 Å². The summed E-state index contributed by atoms with van der Waals surface area (Å²) in [5.74, 6) is -1.14. The van der Waals surface area contributed by atoms with Crippen molar-refractivity contribution in [2.75, 3.05) is 30.9 Å². The van der Waals surface area contributed by atoms with Crippen LogP contribution in [-0.2, 0) is 27.7 Å². The smallest absolute Gasteiger partial charge is 0.233 e. The topological polar surface area (TPSA) is 144 Å². The second-order valence-corrected chi connectivity index (χ2v) is 13.3. The molecule has 2 unspecified atom stereocenters. The molecule has 1 fully saturated rings. The third-order valence-electron chi connectivity index (χ3n) is 8.07. The van der Waals surface area contributed by atoms with E-state index in [0.717, 1.165) is 22.9 Å². The van der Waals surface area contributed by atoms with Crippen LogP contribution in [-0.4, -0.2) is 67.0 Å². The van der Waals surface area contributed by atoms with Crippen molar-refractivity contribution < 1.29 is 37.7 Å². The zero-order valence-corrected chi connectivity index (χ0v) is 25.5. The number of halogens is 1. The van der Waals surface area contributed by atoms with Crippen molar-refractivity contribution in [3.05, 3.63) is 101 Å². The van der Waals surface area contributed by atoms with E-state index < -0.39 is 40.6 Å². The van der Waals surface area contributed by atoms with Crippen molar-refractivity contribution in [1.82, 2.24) is 4.72 Å². The number of amides is 1. The standard InChI is InChI=1S/C33H39FN2O7S/c1-44(42,43)35-20-2-3-23-6-14-28(15-7-23)36-31(26-8-4-24(5-9-26)18-19-33(41,21-37)22-38)29(32(36)40)16-17-30(39)25-10-12-27(34)13-11-25/h4-15,29,31,35,37-38,41H,2-3,16-22H2,1H3. The van der Waals surface area contributed by atoms with E-state index in [1.54, 1.807) is 4.90 Å². The summed E-state index contributed by atoms with van der Waals surface area (Å²) in [7, 11) is -3.24. The Bertz CT molecular complexity index is 1520. The molecule has 11 heteroatoms. The number of sulfonamides is 1. The summed E-state index contributed by atoms with van der Waals surface area (Å²) < 4.78 is 38.4. The molecule has 2 atom stereocenters. The molecule has 0 aromatic heterocycles. The van der Waals surface area contributed by atoms with Crippen molar-refractivity contribution in [2.24, 2.45) is 5.92 Å². The molecule has 44 heavy (non-hydrogen) atoms.